The zero-order valence-electron chi connectivity index (χ0n) is 17.2. The van der Waals surface area contributed by atoms with Crippen molar-refractivity contribution in [1.82, 2.24) is 9.88 Å². The van der Waals surface area contributed by atoms with E-state index in [4.69, 9.17) is 9.47 Å². The second kappa shape index (κ2) is 8.37. The van der Waals surface area contributed by atoms with Gasteiger partial charge in [0.1, 0.15) is 17.4 Å². The van der Waals surface area contributed by atoms with Gasteiger partial charge in [-0.15, -0.1) is 0 Å². The highest BCUT2D eigenvalue weighted by Crippen LogP contribution is 2.28. The van der Waals surface area contributed by atoms with Gasteiger partial charge in [-0.05, 0) is 58.4 Å². The van der Waals surface area contributed by atoms with Gasteiger partial charge in [0, 0.05) is 17.8 Å². The Morgan fingerprint density at radius 3 is 2.43 bits per heavy atom. The van der Waals surface area contributed by atoms with E-state index in [2.05, 4.69) is 5.32 Å². The first-order chi connectivity index (χ1) is 13.0. The highest BCUT2D eigenvalue weighted by molar-refractivity contribution is 5.80. The fourth-order valence-electron chi connectivity index (χ4n) is 3.09. The molecule has 0 aliphatic carbocycles. The minimum Gasteiger partial charge on any atom is -0.495 e. The molecule has 152 valence electrons. The molecule has 0 fully saturated rings. The molecule has 0 spiro atoms. The van der Waals surface area contributed by atoms with E-state index in [0.717, 1.165) is 28.4 Å². The SMILES string of the molecule is COc1ccccc1-n1c(C)cc(CC(NC(=O)OC(C)(C)C)C(=O)O)c1C. The van der Waals surface area contributed by atoms with Crippen LogP contribution < -0.4 is 10.1 Å². The van der Waals surface area contributed by atoms with Gasteiger partial charge in [0.05, 0.1) is 12.8 Å². The van der Waals surface area contributed by atoms with E-state index >= 15 is 0 Å². The molecule has 1 atom stereocenters. The van der Waals surface area contributed by atoms with E-state index in [1.165, 1.54) is 0 Å². The molecule has 1 aromatic carbocycles. The fourth-order valence-corrected chi connectivity index (χ4v) is 3.09. The summed E-state index contributed by atoms with van der Waals surface area (Å²) in [4.78, 5) is 23.7. The van der Waals surface area contributed by atoms with Crippen molar-refractivity contribution in [2.45, 2.75) is 52.7 Å². The van der Waals surface area contributed by atoms with Crippen LogP contribution in [0.5, 0.6) is 5.75 Å². The first-order valence-corrected chi connectivity index (χ1v) is 9.07. The first-order valence-electron chi connectivity index (χ1n) is 9.07. The highest BCUT2D eigenvalue weighted by Gasteiger charge is 2.26. The van der Waals surface area contributed by atoms with E-state index < -0.39 is 23.7 Å². The van der Waals surface area contributed by atoms with Crippen molar-refractivity contribution in [1.29, 1.82) is 0 Å². The summed E-state index contributed by atoms with van der Waals surface area (Å²) in [6.07, 6.45) is -0.609. The quantitative estimate of drug-likeness (QED) is 0.789. The highest BCUT2D eigenvalue weighted by atomic mass is 16.6. The number of methoxy groups -OCH3 is 1. The maximum atomic E-state index is 12.0. The number of benzene rings is 1. The second-order valence-electron chi connectivity index (χ2n) is 7.64. The summed E-state index contributed by atoms with van der Waals surface area (Å²) in [5.74, 6) is -0.398. The average Bonchev–Trinajstić information content (AvgIpc) is 2.86. The van der Waals surface area contributed by atoms with Gasteiger partial charge >= 0.3 is 12.1 Å². The fraction of sp³-hybridized carbons (Fsp3) is 0.429. The molecule has 0 aliphatic heterocycles. The second-order valence-corrected chi connectivity index (χ2v) is 7.64. The van der Waals surface area contributed by atoms with Crippen LogP contribution in [0.2, 0.25) is 0 Å². The van der Waals surface area contributed by atoms with E-state index in [0.29, 0.717) is 0 Å². The lowest BCUT2D eigenvalue weighted by atomic mass is 10.1. The number of hydrogen-bond acceptors (Lipinski definition) is 4. The summed E-state index contributed by atoms with van der Waals surface area (Å²) in [7, 11) is 1.61. The van der Waals surface area contributed by atoms with E-state index in [9.17, 15) is 14.7 Å². The summed E-state index contributed by atoms with van der Waals surface area (Å²) in [6, 6.07) is 8.45. The lowest BCUT2D eigenvalue weighted by Crippen LogP contribution is -2.44. The van der Waals surface area contributed by atoms with Gasteiger partial charge in [-0.3, -0.25) is 0 Å². The van der Waals surface area contributed by atoms with Crippen LogP contribution in [0.3, 0.4) is 0 Å². The Balaban J connectivity index is 2.30. The monoisotopic (exact) mass is 388 g/mol. The van der Waals surface area contributed by atoms with E-state index in [1.54, 1.807) is 27.9 Å². The predicted molar refractivity (Wildman–Crippen MR) is 106 cm³/mol. The van der Waals surface area contributed by atoms with Crippen LogP contribution in [0.4, 0.5) is 4.79 Å². The number of amides is 1. The molecule has 28 heavy (non-hydrogen) atoms. The zero-order chi connectivity index (χ0) is 21.1. The number of nitrogens with zero attached hydrogens (tertiary/aromatic N) is 1. The number of alkyl carbamates (subject to hydrolysis) is 1. The molecule has 7 nitrogen and oxygen atoms in total. The number of carboxylic acid groups (broad SMARTS) is 1. The van der Waals surface area contributed by atoms with Crippen molar-refractivity contribution in [3.05, 3.63) is 47.3 Å². The summed E-state index contributed by atoms with van der Waals surface area (Å²) in [5.41, 5.74) is 2.83. The molecule has 2 rings (SSSR count). The lowest BCUT2D eigenvalue weighted by molar-refractivity contribution is -0.139. The summed E-state index contributed by atoms with van der Waals surface area (Å²) < 4.78 is 12.6. The van der Waals surface area contributed by atoms with E-state index in [1.807, 2.05) is 48.7 Å². The minimum atomic E-state index is -1.12. The third kappa shape index (κ3) is 5.06. The summed E-state index contributed by atoms with van der Waals surface area (Å²) in [5, 5.41) is 12.0. The zero-order valence-corrected chi connectivity index (χ0v) is 17.2. The number of nitrogens with one attached hydrogen (secondary N) is 1. The Morgan fingerprint density at radius 2 is 1.86 bits per heavy atom. The lowest BCUT2D eigenvalue weighted by Gasteiger charge is -2.22. The Kier molecular flexibility index (Phi) is 6.38. The van der Waals surface area contributed by atoms with Gasteiger partial charge in [-0.1, -0.05) is 12.1 Å². The topological polar surface area (TPSA) is 89.8 Å². The summed E-state index contributed by atoms with van der Waals surface area (Å²) >= 11 is 0. The number of carbonyl (C=O) groups excluding carboxylic acids is 1. The molecule has 1 aromatic heterocycles. The molecule has 7 heteroatoms. The smallest absolute Gasteiger partial charge is 0.408 e. The number of carboxylic acids is 1. The molecule has 1 heterocycles. The van der Waals surface area contributed by atoms with Crippen LogP contribution in [0, 0.1) is 13.8 Å². The van der Waals surface area contributed by atoms with Crippen molar-refractivity contribution in [2.75, 3.05) is 7.11 Å². The number of aromatic nitrogens is 1. The van der Waals surface area contributed by atoms with Crippen LogP contribution in [-0.2, 0) is 16.0 Å². The number of ether oxygens (including phenoxy) is 2. The number of rotatable bonds is 6. The Labute approximate surface area is 165 Å². The molecule has 1 amide bonds. The van der Waals surface area contributed by atoms with Crippen molar-refractivity contribution < 1.29 is 24.2 Å². The number of para-hydroxylation sites is 2. The molecule has 0 aliphatic rings. The minimum absolute atomic E-state index is 0.142. The molecule has 2 N–H and O–H groups in total. The van der Waals surface area contributed by atoms with Gasteiger partial charge in [0.15, 0.2) is 0 Å². The first kappa shape index (κ1) is 21.3. The number of hydrogen-bond donors (Lipinski definition) is 2. The van der Waals surface area contributed by atoms with Gasteiger partial charge in [0.2, 0.25) is 0 Å². The Bertz CT molecular complexity index is 864. The molecule has 1 unspecified atom stereocenters. The van der Waals surface area contributed by atoms with E-state index in [-0.39, 0.29) is 6.42 Å². The predicted octanol–water partition coefficient (Wildman–Crippen LogP) is 3.62. The van der Waals surface area contributed by atoms with Crippen molar-refractivity contribution in [3.63, 3.8) is 0 Å². The Hall–Kier alpha value is -2.96. The standard InChI is InChI=1S/C21H28N2O5/c1-13-11-15(12-16(19(24)25)22-20(26)28-21(3,4)5)14(2)23(13)17-9-7-8-10-18(17)27-6/h7-11,16H,12H2,1-6H3,(H,22,26)(H,24,25). The average molecular weight is 388 g/mol. The molecule has 0 bridgehead atoms. The number of carbonyl (C=O) groups is 2. The maximum Gasteiger partial charge on any atom is 0.408 e. The van der Waals surface area contributed by atoms with Crippen LogP contribution in [0.1, 0.15) is 37.7 Å². The maximum absolute atomic E-state index is 12.0. The van der Waals surface area contributed by atoms with Crippen LogP contribution in [0.25, 0.3) is 5.69 Å². The largest absolute Gasteiger partial charge is 0.495 e. The van der Waals surface area contributed by atoms with Crippen molar-refractivity contribution >= 4 is 12.1 Å². The van der Waals surface area contributed by atoms with Gasteiger partial charge in [0.25, 0.3) is 0 Å². The third-order valence-electron chi connectivity index (χ3n) is 4.28. The Morgan fingerprint density at radius 1 is 1.21 bits per heavy atom. The molecule has 0 saturated heterocycles. The van der Waals surface area contributed by atoms with Crippen LogP contribution in [0.15, 0.2) is 30.3 Å². The van der Waals surface area contributed by atoms with Crippen LogP contribution in [-0.4, -0.2) is 40.5 Å². The normalized spacial score (nSPS) is 12.4. The molecule has 0 radical (unpaired) electrons. The van der Waals surface area contributed by atoms with Gasteiger partial charge in [-0.2, -0.15) is 0 Å². The van der Waals surface area contributed by atoms with Crippen molar-refractivity contribution in [2.24, 2.45) is 0 Å². The summed E-state index contributed by atoms with van der Waals surface area (Å²) in [6.45, 7) is 9.04. The third-order valence-corrected chi connectivity index (χ3v) is 4.28. The molecule has 2 aromatic rings. The molecular weight excluding hydrogens is 360 g/mol. The van der Waals surface area contributed by atoms with Crippen molar-refractivity contribution in [3.8, 4) is 11.4 Å². The molecular formula is C21H28N2O5. The van der Waals surface area contributed by atoms with Crippen LogP contribution >= 0.6 is 0 Å². The van der Waals surface area contributed by atoms with Gasteiger partial charge < -0.3 is 24.5 Å². The number of aliphatic carboxylic acids is 1. The molecule has 0 saturated carbocycles. The number of aryl methyl sites for hydroxylation is 1. The van der Waals surface area contributed by atoms with Gasteiger partial charge in [-0.25, -0.2) is 9.59 Å².